The zero-order chi connectivity index (χ0) is 23.6. The van der Waals surface area contributed by atoms with Gasteiger partial charge in [0.1, 0.15) is 17.2 Å². The highest BCUT2D eigenvalue weighted by Gasteiger charge is 2.25. The highest BCUT2D eigenvalue weighted by molar-refractivity contribution is 5.78. The Morgan fingerprint density at radius 1 is 0.818 bits per heavy atom. The average molecular weight is 445 g/mol. The van der Waals surface area contributed by atoms with Gasteiger partial charge in [-0.1, -0.05) is 12.1 Å². The minimum atomic E-state index is -0.576. The number of hydrogen-bond donors (Lipinski definition) is 3. The molecule has 0 saturated carbocycles. The number of ether oxygens (including phenoxy) is 1. The lowest BCUT2D eigenvalue weighted by Gasteiger charge is -2.24. The van der Waals surface area contributed by atoms with Crippen molar-refractivity contribution in [1.82, 2.24) is 19.9 Å². The quantitative estimate of drug-likeness (QED) is 0.364. The fraction of sp³-hybridized carbons (Fsp3) is 0.217. The lowest BCUT2D eigenvalue weighted by molar-refractivity contribution is 0.380. The van der Waals surface area contributed by atoms with E-state index in [4.69, 9.17) is 4.74 Å². The summed E-state index contributed by atoms with van der Waals surface area (Å²) in [6.45, 7) is 5.73. The van der Waals surface area contributed by atoms with Crippen LogP contribution in [0, 0.1) is 0 Å². The highest BCUT2D eigenvalue weighted by atomic mass is 16.5. The van der Waals surface area contributed by atoms with E-state index in [2.05, 4.69) is 35.9 Å². The minimum absolute atomic E-state index is 0.200. The molecule has 2 aromatic carbocycles. The Morgan fingerprint density at radius 2 is 1.48 bits per heavy atom. The van der Waals surface area contributed by atoms with E-state index >= 15 is 0 Å². The summed E-state index contributed by atoms with van der Waals surface area (Å²) in [6, 6.07) is 9.53. The SMILES string of the molecule is COc1ncc(-c2ccc(Nc3nccc(Nc4c(NC(C)(C)C)c(=O)c4=O)n3)cc2)cn1. The van der Waals surface area contributed by atoms with Crippen LogP contribution in [-0.2, 0) is 0 Å². The molecule has 3 N–H and O–H groups in total. The van der Waals surface area contributed by atoms with Crippen LogP contribution in [0.5, 0.6) is 6.01 Å². The summed E-state index contributed by atoms with van der Waals surface area (Å²) in [6.07, 6.45) is 4.94. The fourth-order valence-corrected chi connectivity index (χ4v) is 3.07. The number of anilines is 5. The first kappa shape index (κ1) is 21.9. The van der Waals surface area contributed by atoms with Crippen LogP contribution in [-0.4, -0.2) is 32.6 Å². The van der Waals surface area contributed by atoms with E-state index in [0.717, 1.165) is 16.8 Å². The average Bonchev–Trinajstić information content (AvgIpc) is 2.81. The lowest BCUT2D eigenvalue weighted by Crippen LogP contribution is -2.41. The van der Waals surface area contributed by atoms with Gasteiger partial charge in [-0.2, -0.15) is 4.98 Å². The number of aromatic nitrogens is 4. The molecule has 168 valence electrons. The van der Waals surface area contributed by atoms with Crippen molar-refractivity contribution >= 4 is 28.8 Å². The zero-order valence-corrected chi connectivity index (χ0v) is 18.6. The topological polar surface area (TPSA) is 131 Å². The Hall–Kier alpha value is -4.34. The van der Waals surface area contributed by atoms with E-state index in [1.165, 1.54) is 7.11 Å². The van der Waals surface area contributed by atoms with Gasteiger partial charge in [0.15, 0.2) is 0 Å². The highest BCUT2D eigenvalue weighted by Crippen LogP contribution is 2.25. The van der Waals surface area contributed by atoms with Gasteiger partial charge in [-0.3, -0.25) is 9.59 Å². The molecule has 0 radical (unpaired) electrons. The van der Waals surface area contributed by atoms with Gasteiger partial charge in [0, 0.05) is 35.4 Å². The van der Waals surface area contributed by atoms with Gasteiger partial charge in [-0.25, -0.2) is 15.0 Å². The molecule has 10 heteroatoms. The predicted molar refractivity (Wildman–Crippen MR) is 127 cm³/mol. The molecule has 0 aliphatic heterocycles. The van der Waals surface area contributed by atoms with Gasteiger partial charge in [0.2, 0.25) is 5.95 Å². The van der Waals surface area contributed by atoms with Crippen LogP contribution in [0.1, 0.15) is 20.8 Å². The second-order valence-electron chi connectivity index (χ2n) is 8.33. The normalized spacial score (nSPS) is 11.3. The molecule has 0 fully saturated rings. The Bertz CT molecular complexity index is 1340. The van der Waals surface area contributed by atoms with Crippen LogP contribution in [0.15, 0.2) is 58.5 Å². The molecule has 0 saturated heterocycles. The first-order chi connectivity index (χ1) is 15.7. The molecule has 2 aromatic heterocycles. The van der Waals surface area contributed by atoms with Gasteiger partial charge in [-0.05, 0) is 44.5 Å². The first-order valence-electron chi connectivity index (χ1n) is 10.2. The van der Waals surface area contributed by atoms with E-state index in [1.54, 1.807) is 24.7 Å². The van der Waals surface area contributed by atoms with Crippen molar-refractivity contribution in [3.63, 3.8) is 0 Å². The molecule has 0 bridgehead atoms. The molecule has 0 amide bonds. The number of nitrogens with one attached hydrogen (secondary N) is 3. The van der Waals surface area contributed by atoms with E-state index in [1.807, 2.05) is 45.0 Å². The van der Waals surface area contributed by atoms with Crippen LogP contribution in [0.4, 0.5) is 28.8 Å². The second-order valence-corrected chi connectivity index (χ2v) is 8.33. The Kier molecular flexibility index (Phi) is 5.74. The Balaban J connectivity index is 1.47. The van der Waals surface area contributed by atoms with Gasteiger partial charge in [0.05, 0.1) is 7.11 Å². The lowest BCUT2D eigenvalue weighted by atomic mass is 10.1. The molecule has 10 nitrogen and oxygen atoms in total. The van der Waals surface area contributed by atoms with Gasteiger partial charge < -0.3 is 20.7 Å². The van der Waals surface area contributed by atoms with E-state index < -0.39 is 10.9 Å². The van der Waals surface area contributed by atoms with Crippen molar-refractivity contribution in [2.24, 2.45) is 0 Å². The van der Waals surface area contributed by atoms with E-state index in [0.29, 0.717) is 17.8 Å². The Labute approximate surface area is 189 Å². The number of rotatable bonds is 7. The summed E-state index contributed by atoms with van der Waals surface area (Å²) in [5.41, 5.74) is 1.56. The number of benzene rings is 1. The molecule has 0 spiro atoms. The fourth-order valence-electron chi connectivity index (χ4n) is 3.07. The van der Waals surface area contributed by atoms with Gasteiger partial charge >= 0.3 is 6.01 Å². The largest absolute Gasteiger partial charge is 0.467 e. The predicted octanol–water partition coefficient (Wildman–Crippen LogP) is 3.24. The summed E-state index contributed by atoms with van der Waals surface area (Å²) in [4.78, 5) is 40.8. The van der Waals surface area contributed by atoms with Crippen molar-refractivity contribution in [3.05, 3.63) is 69.4 Å². The smallest absolute Gasteiger partial charge is 0.316 e. The molecule has 4 aromatic rings. The first-order valence-corrected chi connectivity index (χ1v) is 10.2. The third kappa shape index (κ3) is 4.95. The maximum atomic E-state index is 12.0. The number of nitrogens with zero attached hydrogens (tertiary/aromatic N) is 4. The molecule has 0 aliphatic carbocycles. The summed E-state index contributed by atoms with van der Waals surface area (Å²) < 4.78 is 4.98. The van der Waals surface area contributed by atoms with Crippen molar-refractivity contribution in [1.29, 1.82) is 0 Å². The summed E-state index contributed by atoms with van der Waals surface area (Å²) in [7, 11) is 1.52. The van der Waals surface area contributed by atoms with Crippen LogP contribution in [0.25, 0.3) is 11.1 Å². The standard InChI is InChI=1S/C23H23N7O3/c1-23(2,3)30-18-17(19(31)20(18)32)28-16-9-10-24-21(29-16)27-15-7-5-13(6-8-15)14-11-25-22(33-4)26-12-14/h5-12,30H,1-4H3,(H2,24,27,28,29). The number of hydrogen-bond acceptors (Lipinski definition) is 10. The molecule has 0 unspecified atom stereocenters. The number of methoxy groups -OCH3 is 1. The maximum Gasteiger partial charge on any atom is 0.316 e. The van der Waals surface area contributed by atoms with Crippen LogP contribution < -0.4 is 31.5 Å². The van der Waals surface area contributed by atoms with Crippen molar-refractivity contribution in [2.45, 2.75) is 26.3 Å². The van der Waals surface area contributed by atoms with Crippen molar-refractivity contribution in [2.75, 3.05) is 23.1 Å². The van der Waals surface area contributed by atoms with E-state index in [-0.39, 0.29) is 16.9 Å². The minimum Gasteiger partial charge on any atom is -0.467 e. The van der Waals surface area contributed by atoms with Crippen LogP contribution in [0.3, 0.4) is 0 Å². The maximum absolute atomic E-state index is 12.0. The molecule has 4 rings (SSSR count). The van der Waals surface area contributed by atoms with Crippen molar-refractivity contribution in [3.8, 4) is 17.1 Å². The summed E-state index contributed by atoms with van der Waals surface area (Å²) >= 11 is 0. The van der Waals surface area contributed by atoms with Crippen molar-refractivity contribution < 1.29 is 4.74 Å². The molecule has 0 aliphatic rings. The molecular formula is C23H23N7O3. The monoisotopic (exact) mass is 445 g/mol. The third-order valence-electron chi connectivity index (χ3n) is 4.60. The molecule has 2 heterocycles. The van der Waals surface area contributed by atoms with Gasteiger partial charge in [-0.15, -0.1) is 0 Å². The second kappa shape index (κ2) is 8.65. The summed E-state index contributed by atoms with van der Waals surface area (Å²) in [5, 5.41) is 9.11. The Morgan fingerprint density at radius 3 is 2.12 bits per heavy atom. The third-order valence-corrected chi connectivity index (χ3v) is 4.60. The molecular weight excluding hydrogens is 422 g/mol. The van der Waals surface area contributed by atoms with E-state index in [9.17, 15) is 9.59 Å². The zero-order valence-electron chi connectivity index (χ0n) is 18.6. The van der Waals surface area contributed by atoms with Crippen LogP contribution >= 0.6 is 0 Å². The van der Waals surface area contributed by atoms with Gasteiger partial charge in [0.25, 0.3) is 10.9 Å². The van der Waals surface area contributed by atoms with Crippen LogP contribution in [0.2, 0.25) is 0 Å². The summed E-state index contributed by atoms with van der Waals surface area (Å²) in [5.74, 6) is 0.730. The molecule has 0 atom stereocenters. The molecule has 33 heavy (non-hydrogen) atoms.